The van der Waals surface area contributed by atoms with Crippen molar-refractivity contribution in [3.05, 3.63) is 11.9 Å². The van der Waals surface area contributed by atoms with Gasteiger partial charge in [0.2, 0.25) is 0 Å². The third-order valence-electron chi connectivity index (χ3n) is 2.26. The van der Waals surface area contributed by atoms with Crippen LogP contribution in [0, 0.1) is 0 Å². The van der Waals surface area contributed by atoms with E-state index in [4.69, 9.17) is 10.6 Å². The Morgan fingerprint density at radius 3 is 3.06 bits per heavy atom. The summed E-state index contributed by atoms with van der Waals surface area (Å²) in [6.45, 7) is 4.06. The van der Waals surface area contributed by atoms with Gasteiger partial charge < -0.3 is 4.74 Å². The molecule has 7 heteroatoms. The lowest BCUT2D eigenvalue weighted by atomic mass is 10.3. The predicted molar refractivity (Wildman–Crippen MR) is 62.0 cm³/mol. The van der Waals surface area contributed by atoms with E-state index in [0.717, 1.165) is 13.0 Å². The number of carbonyl (C=O) groups is 1. The lowest BCUT2D eigenvalue weighted by Gasteiger charge is -2.02. The standard InChI is InChI=1S/C10H19N5O2/c1-2-3-4-6-17-7-5-15-8-9(13-14-15)10(16)12-11/h8H,2-7,11H2,1H3,(H,12,16). The van der Waals surface area contributed by atoms with Crippen molar-refractivity contribution in [3.63, 3.8) is 0 Å². The van der Waals surface area contributed by atoms with Gasteiger partial charge in [0.15, 0.2) is 5.69 Å². The van der Waals surface area contributed by atoms with Crippen molar-refractivity contribution in [1.29, 1.82) is 0 Å². The molecule has 0 bridgehead atoms. The van der Waals surface area contributed by atoms with Crippen molar-refractivity contribution < 1.29 is 9.53 Å². The van der Waals surface area contributed by atoms with E-state index in [1.54, 1.807) is 4.68 Å². The number of amides is 1. The Morgan fingerprint density at radius 1 is 1.53 bits per heavy atom. The molecule has 0 aliphatic carbocycles. The van der Waals surface area contributed by atoms with Gasteiger partial charge >= 0.3 is 0 Å². The number of nitrogen functional groups attached to an aromatic ring is 1. The molecular weight excluding hydrogens is 222 g/mol. The van der Waals surface area contributed by atoms with Crippen LogP contribution in [-0.4, -0.2) is 34.1 Å². The number of hydrazine groups is 1. The zero-order valence-corrected chi connectivity index (χ0v) is 10.1. The largest absolute Gasteiger partial charge is 0.380 e. The number of carbonyl (C=O) groups excluding carboxylic acids is 1. The van der Waals surface area contributed by atoms with Crippen LogP contribution in [-0.2, 0) is 11.3 Å². The summed E-state index contributed by atoms with van der Waals surface area (Å²) in [5.41, 5.74) is 2.21. The molecule has 1 heterocycles. The van der Waals surface area contributed by atoms with Crippen LogP contribution in [0.3, 0.4) is 0 Å². The maximum Gasteiger partial charge on any atom is 0.287 e. The van der Waals surface area contributed by atoms with Crippen LogP contribution < -0.4 is 11.3 Å². The summed E-state index contributed by atoms with van der Waals surface area (Å²) in [6.07, 6.45) is 4.99. The number of nitrogens with zero attached hydrogens (tertiary/aromatic N) is 3. The fourth-order valence-electron chi connectivity index (χ4n) is 1.30. The topological polar surface area (TPSA) is 95.1 Å². The minimum absolute atomic E-state index is 0.207. The number of hydrogen-bond donors (Lipinski definition) is 2. The van der Waals surface area contributed by atoms with Gasteiger partial charge in [-0.3, -0.25) is 10.2 Å². The van der Waals surface area contributed by atoms with Crippen LogP contribution in [0.1, 0.15) is 36.7 Å². The molecule has 0 saturated carbocycles. The normalized spacial score (nSPS) is 10.5. The first-order chi connectivity index (χ1) is 8.27. The molecule has 0 aromatic carbocycles. The smallest absolute Gasteiger partial charge is 0.287 e. The molecular formula is C10H19N5O2. The fourth-order valence-corrected chi connectivity index (χ4v) is 1.30. The molecule has 1 aromatic heterocycles. The van der Waals surface area contributed by atoms with Crippen molar-refractivity contribution in [3.8, 4) is 0 Å². The quantitative estimate of drug-likeness (QED) is 0.291. The molecule has 17 heavy (non-hydrogen) atoms. The average Bonchev–Trinajstić information content (AvgIpc) is 2.81. The Labute approximate surface area is 100 Å². The SMILES string of the molecule is CCCCCOCCn1cc(C(=O)NN)nn1. The number of aromatic nitrogens is 3. The molecule has 0 unspecified atom stereocenters. The highest BCUT2D eigenvalue weighted by Gasteiger charge is 2.08. The van der Waals surface area contributed by atoms with E-state index >= 15 is 0 Å². The molecule has 96 valence electrons. The number of nitrogens with one attached hydrogen (secondary N) is 1. The first-order valence-corrected chi connectivity index (χ1v) is 5.76. The summed E-state index contributed by atoms with van der Waals surface area (Å²) in [7, 11) is 0. The molecule has 0 spiro atoms. The number of rotatable bonds is 8. The monoisotopic (exact) mass is 241 g/mol. The van der Waals surface area contributed by atoms with Gasteiger partial charge in [0.1, 0.15) is 0 Å². The fraction of sp³-hybridized carbons (Fsp3) is 0.700. The second kappa shape index (κ2) is 7.75. The zero-order chi connectivity index (χ0) is 12.5. The number of hydrogen-bond acceptors (Lipinski definition) is 5. The third-order valence-corrected chi connectivity index (χ3v) is 2.26. The molecule has 1 rings (SSSR count). The highest BCUT2D eigenvalue weighted by Crippen LogP contribution is 1.95. The first-order valence-electron chi connectivity index (χ1n) is 5.76. The van der Waals surface area contributed by atoms with Gasteiger partial charge in [-0.15, -0.1) is 5.10 Å². The van der Waals surface area contributed by atoms with Crippen LogP contribution in [0.25, 0.3) is 0 Å². The van der Waals surface area contributed by atoms with E-state index in [9.17, 15) is 4.79 Å². The summed E-state index contributed by atoms with van der Waals surface area (Å²) in [6, 6.07) is 0. The van der Waals surface area contributed by atoms with Crippen LogP contribution in [0.15, 0.2) is 6.20 Å². The van der Waals surface area contributed by atoms with Crippen molar-refractivity contribution in [1.82, 2.24) is 20.4 Å². The molecule has 1 amide bonds. The van der Waals surface area contributed by atoms with Crippen molar-refractivity contribution >= 4 is 5.91 Å². The second-order valence-corrected chi connectivity index (χ2v) is 3.66. The Hall–Kier alpha value is -1.47. The van der Waals surface area contributed by atoms with Gasteiger partial charge in [0, 0.05) is 6.61 Å². The van der Waals surface area contributed by atoms with E-state index in [0.29, 0.717) is 13.2 Å². The van der Waals surface area contributed by atoms with E-state index < -0.39 is 5.91 Å². The second-order valence-electron chi connectivity index (χ2n) is 3.66. The summed E-state index contributed by atoms with van der Waals surface area (Å²) in [5, 5.41) is 7.47. The summed E-state index contributed by atoms with van der Waals surface area (Å²) >= 11 is 0. The van der Waals surface area contributed by atoms with Crippen LogP contribution in [0.2, 0.25) is 0 Å². The zero-order valence-electron chi connectivity index (χ0n) is 10.1. The molecule has 0 aliphatic heterocycles. The highest BCUT2D eigenvalue weighted by atomic mass is 16.5. The van der Waals surface area contributed by atoms with Crippen molar-refractivity contribution in [2.45, 2.75) is 32.7 Å². The van der Waals surface area contributed by atoms with Gasteiger partial charge in [0.05, 0.1) is 19.3 Å². The molecule has 1 aromatic rings. The van der Waals surface area contributed by atoms with Gasteiger partial charge in [0.25, 0.3) is 5.91 Å². The Morgan fingerprint density at radius 2 is 2.35 bits per heavy atom. The lowest BCUT2D eigenvalue weighted by Crippen LogP contribution is -2.30. The van der Waals surface area contributed by atoms with Gasteiger partial charge in [-0.1, -0.05) is 25.0 Å². The van der Waals surface area contributed by atoms with Gasteiger partial charge in [-0.25, -0.2) is 10.5 Å². The minimum atomic E-state index is -0.444. The van der Waals surface area contributed by atoms with Crippen LogP contribution in [0.4, 0.5) is 0 Å². The van der Waals surface area contributed by atoms with Crippen molar-refractivity contribution in [2.75, 3.05) is 13.2 Å². The maximum atomic E-state index is 11.1. The first kappa shape index (κ1) is 13.6. The van der Waals surface area contributed by atoms with Crippen LogP contribution >= 0.6 is 0 Å². The molecule has 3 N–H and O–H groups in total. The molecule has 0 fully saturated rings. The molecule has 0 atom stereocenters. The van der Waals surface area contributed by atoms with Crippen LogP contribution in [0.5, 0.6) is 0 Å². The average molecular weight is 241 g/mol. The van der Waals surface area contributed by atoms with E-state index in [1.807, 2.05) is 5.43 Å². The Balaban J connectivity index is 2.19. The Kier molecular flexibility index (Phi) is 6.19. The summed E-state index contributed by atoms with van der Waals surface area (Å²) in [4.78, 5) is 11.1. The third kappa shape index (κ3) is 4.92. The predicted octanol–water partition coefficient (Wildman–Crippen LogP) is 0.0884. The summed E-state index contributed by atoms with van der Waals surface area (Å²) in [5.74, 6) is 4.54. The minimum Gasteiger partial charge on any atom is -0.380 e. The maximum absolute atomic E-state index is 11.1. The van der Waals surface area contributed by atoms with E-state index in [-0.39, 0.29) is 5.69 Å². The Bertz CT molecular complexity index is 339. The highest BCUT2D eigenvalue weighted by molar-refractivity contribution is 5.91. The van der Waals surface area contributed by atoms with Crippen molar-refractivity contribution in [2.24, 2.45) is 5.84 Å². The van der Waals surface area contributed by atoms with E-state index in [1.165, 1.54) is 19.0 Å². The number of ether oxygens (including phenoxy) is 1. The number of unbranched alkanes of at least 4 members (excludes halogenated alkanes) is 2. The lowest BCUT2D eigenvalue weighted by molar-refractivity contribution is 0.0948. The van der Waals surface area contributed by atoms with E-state index in [2.05, 4.69) is 17.2 Å². The van der Waals surface area contributed by atoms with Gasteiger partial charge in [-0.2, -0.15) is 0 Å². The molecule has 0 aliphatic rings. The summed E-state index contributed by atoms with van der Waals surface area (Å²) < 4.78 is 6.98. The van der Waals surface area contributed by atoms with Gasteiger partial charge in [-0.05, 0) is 6.42 Å². The molecule has 7 nitrogen and oxygen atoms in total. The number of nitrogens with two attached hydrogens (primary N) is 1. The molecule has 0 saturated heterocycles. The molecule has 0 radical (unpaired) electrons.